The number of halogens is 2. The van der Waals surface area contributed by atoms with Crippen molar-refractivity contribution in [2.24, 2.45) is 0 Å². The summed E-state index contributed by atoms with van der Waals surface area (Å²) in [6.07, 6.45) is 6.19. The predicted octanol–water partition coefficient (Wildman–Crippen LogP) is 10.2. The van der Waals surface area contributed by atoms with Crippen LogP contribution in [0.1, 0.15) is 47.1 Å². The van der Waals surface area contributed by atoms with Crippen LogP contribution in [0.3, 0.4) is 0 Å². The summed E-state index contributed by atoms with van der Waals surface area (Å²) >= 11 is 6.55. The van der Waals surface area contributed by atoms with Gasteiger partial charge in [0.05, 0.1) is 10.5 Å². The Morgan fingerprint density at radius 2 is 1.64 bits per heavy atom. The van der Waals surface area contributed by atoms with E-state index in [0.29, 0.717) is 33.2 Å². The van der Waals surface area contributed by atoms with Gasteiger partial charge >= 0.3 is 0 Å². The highest BCUT2D eigenvalue weighted by atomic mass is 35.5. The number of rotatable bonds is 10. The lowest BCUT2D eigenvalue weighted by molar-refractivity contribution is 0.306. The Morgan fingerprint density at radius 3 is 2.33 bits per heavy atom. The molecule has 218 valence electrons. The third kappa shape index (κ3) is 5.81. The number of fused-ring (bicyclic) bond motifs is 1. The third-order valence-electron chi connectivity index (χ3n) is 8.36. The van der Waals surface area contributed by atoms with Gasteiger partial charge in [0.1, 0.15) is 30.3 Å². The molecule has 0 spiro atoms. The summed E-state index contributed by atoms with van der Waals surface area (Å²) in [6.45, 7) is 14.5. The largest absolute Gasteiger partial charge is 0.487 e. The molecular weight excluding hydrogens is 563 g/mol. The Kier molecular flexibility index (Phi) is 8.71. The number of hydrogen-bond acceptors (Lipinski definition) is 4. The fourth-order valence-electron chi connectivity index (χ4n) is 6.66. The van der Waals surface area contributed by atoms with Gasteiger partial charge in [-0.3, -0.25) is 0 Å². The molecule has 0 aliphatic carbocycles. The first-order valence-corrected chi connectivity index (χ1v) is 17.0. The highest BCUT2D eigenvalue weighted by Gasteiger charge is 2.44. The summed E-state index contributed by atoms with van der Waals surface area (Å²) in [5, 5.41) is 4.78. The van der Waals surface area contributed by atoms with Crippen molar-refractivity contribution in [2.75, 3.05) is 5.32 Å². The van der Waals surface area contributed by atoms with Crippen molar-refractivity contribution in [3.63, 3.8) is 0 Å². The third-order valence-corrected chi connectivity index (χ3v) is 15.4. The zero-order valence-electron chi connectivity index (χ0n) is 25.0. The molecule has 5 rings (SSSR count). The highest BCUT2D eigenvalue weighted by molar-refractivity contribution is 6.82. The van der Waals surface area contributed by atoms with Crippen molar-refractivity contribution >= 4 is 42.2 Å². The maximum absolute atomic E-state index is 13.5. The lowest BCUT2D eigenvalue weighted by atomic mass is 10.1. The van der Waals surface area contributed by atoms with Crippen LogP contribution in [0.25, 0.3) is 22.0 Å². The zero-order valence-corrected chi connectivity index (χ0v) is 26.8. The Labute approximate surface area is 253 Å². The monoisotopic (exact) mass is 600 g/mol. The second-order valence-corrected chi connectivity index (χ2v) is 18.0. The van der Waals surface area contributed by atoms with E-state index in [1.807, 2.05) is 18.2 Å². The van der Waals surface area contributed by atoms with E-state index < -0.39 is 8.24 Å². The van der Waals surface area contributed by atoms with E-state index in [-0.39, 0.29) is 12.4 Å². The van der Waals surface area contributed by atoms with Crippen LogP contribution in [0.15, 0.2) is 85.5 Å². The summed E-state index contributed by atoms with van der Waals surface area (Å²) in [5.41, 5.74) is 6.52. The van der Waals surface area contributed by atoms with Crippen molar-refractivity contribution in [2.45, 2.75) is 64.8 Å². The Morgan fingerprint density at radius 1 is 0.881 bits per heavy atom. The molecular formula is C34H38ClFN4OSi. The fourth-order valence-corrected chi connectivity index (χ4v) is 13.4. The van der Waals surface area contributed by atoms with Gasteiger partial charge in [-0.1, -0.05) is 71.3 Å². The summed E-state index contributed by atoms with van der Waals surface area (Å²) in [4.78, 5) is 9.06. The van der Waals surface area contributed by atoms with Gasteiger partial charge in [0, 0.05) is 17.3 Å². The van der Waals surface area contributed by atoms with E-state index >= 15 is 0 Å². The molecule has 42 heavy (non-hydrogen) atoms. The normalized spacial score (nSPS) is 12.1. The molecule has 0 saturated carbocycles. The van der Waals surface area contributed by atoms with Crippen LogP contribution in [0.5, 0.6) is 5.75 Å². The number of benzene rings is 3. The molecule has 0 amide bonds. The summed E-state index contributed by atoms with van der Waals surface area (Å²) in [7, 11) is -1.83. The molecule has 5 nitrogen and oxygen atoms in total. The number of nitrogens with one attached hydrogen (secondary N) is 1. The molecule has 0 unspecified atom stereocenters. The minimum absolute atomic E-state index is 0.223. The minimum atomic E-state index is -1.83. The number of hydrogen-bond donors (Lipinski definition) is 1. The molecule has 1 N–H and O–H groups in total. The van der Waals surface area contributed by atoms with Gasteiger partial charge in [-0.05, 0) is 88.0 Å². The van der Waals surface area contributed by atoms with Gasteiger partial charge in [-0.15, -0.1) is 0 Å². The molecule has 0 radical (unpaired) electrons. The lowest BCUT2D eigenvalue weighted by Crippen LogP contribution is -2.51. The van der Waals surface area contributed by atoms with Crippen molar-refractivity contribution in [1.29, 1.82) is 0 Å². The minimum Gasteiger partial charge on any atom is -0.487 e. The number of nitrogens with zero attached hydrogens (tertiary/aromatic N) is 3. The molecule has 8 heteroatoms. The zero-order chi connectivity index (χ0) is 30.0. The molecule has 0 bridgehead atoms. The van der Waals surface area contributed by atoms with Crippen LogP contribution in [0.2, 0.25) is 21.6 Å². The van der Waals surface area contributed by atoms with Crippen molar-refractivity contribution < 1.29 is 9.13 Å². The van der Waals surface area contributed by atoms with Crippen LogP contribution in [-0.2, 0) is 6.61 Å². The van der Waals surface area contributed by atoms with Crippen LogP contribution in [0.4, 0.5) is 15.9 Å². The number of anilines is 2. The van der Waals surface area contributed by atoms with Gasteiger partial charge in [0.15, 0.2) is 8.24 Å². The van der Waals surface area contributed by atoms with Gasteiger partial charge < -0.3 is 14.3 Å². The number of aromatic nitrogens is 3. The maximum Gasteiger partial charge on any atom is 0.168 e. The average molecular weight is 601 g/mol. The molecule has 0 atom stereocenters. The van der Waals surface area contributed by atoms with Crippen molar-refractivity contribution in [1.82, 2.24) is 14.2 Å². The topological polar surface area (TPSA) is 52.0 Å². The predicted molar refractivity (Wildman–Crippen MR) is 175 cm³/mol. The van der Waals surface area contributed by atoms with Gasteiger partial charge in [0.25, 0.3) is 0 Å². The fraction of sp³-hybridized carbons (Fsp3) is 0.294. The number of ether oxygens (including phenoxy) is 1. The van der Waals surface area contributed by atoms with Crippen LogP contribution in [-0.4, -0.2) is 22.4 Å². The first-order chi connectivity index (χ1) is 20.1. The van der Waals surface area contributed by atoms with E-state index in [1.165, 1.54) is 17.7 Å². The van der Waals surface area contributed by atoms with E-state index in [2.05, 4.69) is 91.7 Å². The summed E-state index contributed by atoms with van der Waals surface area (Å²) in [6, 6.07) is 20.4. The first-order valence-electron chi connectivity index (χ1n) is 14.5. The van der Waals surface area contributed by atoms with Gasteiger partial charge in [0.2, 0.25) is 0 Å². The summed E-state index contributed by atoms with van der Waals surface area (Å²) < 4.78 is 21.9. The Hall–Kier alpha value is -3.68. The molecule has 0 aliphatic heterocycles. The van der Waals surface area contributed by atoms with Crippen molar-refractivity contribution in [3.8, 4) is 16.9 Å². The van der Waals surface area contributed by atoms with Crippen LogP contribution < -0.4 is 10.1 Å². The van der Waals surface area contributed by atoms with E-state index in [9.17, 15) is 4.39 Å². The molecule has 2 heterocycles. The lowest BCUT2D eigenvalue weighted by Gasteiger charge is -2.44. The molecule has 0 saturated heterocycles. The molecule has 5 aromatic rings. The molecule has 3 aromatic carbocycles. The smallest absolute Gasteiger partial charge is 0.168 e. The van der Waals surface area contributed by atoms with Gasteiger partial charge in [-0.2, -0.15) is 0 Å². The van der Waals surface area contributed by atoms with Gasteiger partial charge in [-0.25, -0.2) is 14.4 Å². The van der Waals surface area contributed by atoms with E-state index in [1.54, 1.807) is 24.5 Å². The maximum atomic E-state index is 13.5. The second kappa shape index (κ2) is 12.3. The molecule has 2 aromatic heterocycles. The quantitative estimate of drug-likeness (QED) is 0.162. The standard InChI is InChI=1S/C34H38ClFN4OSi/c1-22(2)42(23(3)4,24(5)6)40-15-14-27(19-40)26-10-12-32-30(17-26)34(38-21-37-32)39-29-11-13-33(31(35)18-29)41-20-25-8-7-9-28(36)16-25/h7-19,21-24H,20H2,1-6H3,(H,37,38,39). The highest BCUT2D eigenvalue weighted by Crippen LogP contribution is 2.43. The molecule has 0 aliphatic rings. The van der Waals surface area contributed by atoms with E-state index in [0.717, 1.165) is 27.7 Å². The molecule has 0 fully saturated rings. The van der Waals surface area contributed by atoms with Crippen LogP contribution in [0, 0.1) is 5.82 Å². The van der Waals surface area contributed by atoms with E-state index in [4.69, 9.17) is 16.3 Å². The second-order valence-electron chi connectivity index (χ2n) is 11.8. The Bertz CT molecular complexity index is 1680. The Balaban J connectivity index is 1.41. The first kappa shape index (κ1) is 29.8. The SMILES string of the molecule is CC(C)[Si](C(C)C)(C(C)C)n1ccc(-c2ccc3ncnc(Nc4ccc(OCc5cccc(F)c5)c(Cl)c4)c3c2)c1. The van der Waals surface area contributed by atoms with Crippen molar-refractivity contribution in [3.05, 3.63) is 102 Å². The average Bonchev–Trinajstić information content (AvgIpc) is 3.42. The van der Waals surface area contributed by atoms with Crippen LogP contribution >= 0.6 is 11.6 Å². The summed E-state index contributed by atoms with van der Waals surface area (Å²) in [5.74, 6) is 0.923.